The molecule has 2 N–H and O–H groups in total. The molecule has 1 saturated heterocycles. The second-order valence-electron chi connectivity index (χ2n) is 12.7. The molecule has 0 aliphatic carbocycles. The smallest absolute Gasteiger partial charge is 0.191 e. The number of hydrogen-bond acceptors (Lipinski definition) is 6. The van der Waals surface area contributed by atoms with E-state index in [-0.39, 0.29) is 5.78 Å². The maximum atomic E-state index is 14.5. The van der Waals surface area contributed by atoms with Gasteiger partial charge in [0.25, 0.3) is 0 Å². The van der Waals surface area contributed by atoms with E-state index in [1.54, 1.807) is 6.33 Å². The lowest BCUT2D eigenvalue weighted by Crippen LogP contribution is -2.51. The molecule has 2 atom stereocenters. The summed E-state index contributed by atoms with van der Waals surface area (Å²) in [5, 5.41) is 5.87. The number of nitrogens with zero attached hydrogens (tertiary/aromatic N) is 3. The second-order valence-corrected chi connectivity index (χ2v) is 13.2. The molecule has 8 rings (SSSR count). The quantitative estimate of drug-likeness (QED) is 0.150. The molecule has 248 valence electrons. The Kier molecular flexibility index (Phi) is 8.63. The van der Waals surface area contributed by atoms with Gasteiger partial charge in [0.2, 0.25) is 0 Å². The Labute approximate surface area is 296 Å². The minimum Gasteiger partial charge on any atom is -0.370 e. The zero-order valence-electron chi connectivity index (χ0n) is 27.4. The molecule has 1 fully saturated rings. The number of fused-ring (bicyclic) bond motifs is 1. The lowest BCUT2D eigenvalue weighted by Gasteiger charge is -2.35. The van der Waals surface area contributed by atoms with Gasteiger partial charge >= 0.3 is 0 Å². The third-order valence-corrected chi connectivity index (χ3v) is 10.0. The molecular weight excluding hydrogens is 642 g/mol. The van der Waals surface area contributed by atoms with Crippen LogP contribution in [0, 0.1) is 0 Å². The van der Waals surface area contributed by atoms with E-state index in [4.69, 9.17) is 26.4 Å². The van der Waals surface area contributed by atoms with Crippen LogP contribution in [0.3, 0.4) is 0 Å². The topological polar surface area (TPSA) is 81.1 Å². The van der Waals surface area contributed by atoms with Crippen molar-refractivity contribution in [1.82, 2.24) is 20.2 Å². The fraction of sp³-hybridized carbons (Fsp3) is 0.167. The van der Waals surface area contributed by atoms with Gasteiger partial charge in [0.15, 0.2) is 11.6 Å². The molecule has 0 saturated carbocycles. The molecule has 2 unspecified atom stereocenters. The van der Waals surface area contributed by atoms with Crippen LogP contribution in [-0.2, 0) is 20.6 Å². The average molecular weight is 678 g/mol. The van der Waals surface area contributed by atoms with Crippen LogP contribution >= 0.6 is 11.6 Å². The number of anilines is 1. The molecule has 50 heavy (non-hydrogen) atoms. The van der Waals surface area contributed by atoms with Gasteiger partial charge in [-0.15, -0.1) is 5.10 Å². The first-order chi connectivity index (χ1) is 24.6. The molecule has 0 spiro atoms. The molecule has 2 aliphatic heterocycles. The normalized spacial score (nSPS) is 18.9. The van der Waals surface area contributed by atoms with E-state index in [0.29, 0.717) is 23.9 Å². The minimum absolute atomic E-state index is 0.0412. The van der Waals surface area contributed by atoms with Gasteiger partial charge < -0.3 is 10.2 Å². The molecule has 0 amide bonds. The van der Waals surface area contributed by atoms with E-state index < -0.39 is 17.2 Å². The summed E-state index contributed by atoms with van der Waals surface area (Å²) >= 11 is 6.16. The Bertz CT molecular complexity index is 2030. The van der Waals surface area contributed by atoms with Crippen molar-refractivity contribution in [1.29, 1.82) is 0 Å². The monoisotopic (exact) mass is 677 g/mol. The number of benzene rings is 5. The number of carbonyl (C=O) groups excluding carboxylic acids is 1. The molecule has 0 radical (unpaired) electrons. The summed E-state index contributed by atoms with van der Waals surface area (Å²) in [6.45, 7) is 0.570. The molecule has 6 aromatic rings. The molecule has 3 heterocycles. The number of nitrogens with one attached hydrogen (secondary N) is 2. The van der Waals surface area contributed by atoms with E-state index in [0.717, 1.165) is 51.9 Å². The van der Waals surface area contributed by atoms with Gasteiger partial charge in [0.05, 0.1) is 5.69 Å². The number of ether oxygens (including phenoxy) is 1. The van der Waals surface area contributed by atoms with E-state index in [1.165, 1.54) is 0 Å². The highest BCUT2D eigenvalue weighted by Crippen LogP contribution is 2.42. The molecule has 0 bridgehead atoms. The van der Waals surface area contributed by atoms with Crippen molar-refractivity contribution in [3.05, 3.63) is 179 Å². The van der Waals surface area contributed by atoms with Crippen molar-refractivity contribution in [2.24, 2.45) is 0 Å². The van der Waals surface area contributed by atoms with Crippen LogP contribution in [0.4, 0.5) is 5.69 Å². The fourth-order valence-corrected chi connectivity index (χ4v) is 7.37. The van der Waals surface area contributed by atoms with Crippen molar-refractivity contribution >= 4 is 29.1 Å². The van der Waals surface area contributed by atoms with E-state index in [9.17, 15) is 4.79 Å². The summed E-state index contributed by atoms with van der Waals surface area (Å²) in [7, 11) is 0. The van der Waals surface area contributed by atoms with Gasteiger partial charge in [-0.1, -0.05) is 127 Å². The number of carbonyl (C=O) groups is 1. The maximum Gasteiger partial charge on any atom is 0.191 e. The molecule has 8 heteroatoms. The summed E-state index contributed by atoms with van der Waals surface area (Å²) in [5.74, 6) is 0.504. The van der Waals surface area contributed by atoms with Crippen LogP contribution in [0.1, 0.15) is 47.1 Å². The average Bonchev–Trinajstić information content (AvgIpc) is 3.83. The highest BCUT2D eigenvalue weighted by atomic mass is 35.5. The van der Waals surface area contributed by atoms with Crippen molar-refractivity contribution in [2.45, 2.75) is 36.4 Å². The zero-order valence-corrected chi connectivity index (χ0v) is 28.1. The summed E-state index contributed by atoms with van der Waals surface area (Å²) < 4.78 is 8.00. The van der Waals surface area contributed by atoms with Crippen LogP contribution in [0.25, 0.3) is 17.5 Å². The van der Waals surface area contributed by atoms with Crippen LogP contribution in [-0.4, -0.2) is 33.3 Å². The van der Waals surface area contributed by atoms with Crippen molar-refractivity contribution < 1.29 is 9.53 Å². The van der Waals surface area contributed by atoms with Crippen molar-refractivity contribution in [3.8, 4) is 11.4 Å². The molecule has 7 nitrogen and oxygen atoms in total. The van der Waals surface area contributed by atoms with E-state index in [1.807, 2.05) is 77.5 Å². The Balaban J connectivity index is 1.26. The number of hydrazine groups is 1. The Morgan fingerprint density at radius 3 is 2.08 bits per heavy atom. The third kappa shape index (κ3) is 5.63. The Morgan fingerprint density at radius 1 is 0.840 bits per heavy atom. The van der Waals surface area contributed by atoms with E-state index in [2.05, 4.69) is 83.6 Å². The van der Waals surface area contributed by atoms with Gasteiger partial charge in [0, 0.05) is 22.8 Å². The van der Waals surface area contributed by atoms with Crippen LogP contribution in [0.15, 0.2) is 146 Å². The van der Waals surface area contributed by atoms with Gasteiger partial charge in [-0.25, -0.2) is 15.1 Å². The lowest BCUT2D eigenvalue weighted by atomic mass is 9.77. The summed E-state index contributed by atoms with van der Waals surface area (Å²) in [6, 6.07) is 44.7. The molecule has 5 aromatic carbocycles. The summed E-state index contributed by atoms with van der Waals surface area (Å²) in [5.41, 5.74) is 11.1. The number of Topliss-reactive ketones (excluding diaryl/α,β-unsaturated/α-hetero) is 1. The van der Waals surface area contributed by atoms with Gasteiger partial charge in [-0.3, -0.25) is 4.79 Å². The van der Waals surface area contributed by atoms with Crippen molar-refractivity contribution in [2.75, 3.05) is 12.0 Å². The number of aromatic nitrogens is 3. The lowest BCUT2D eigenvalue weighted by molar-refractivity contribution is -0.138. The standard InChI is InChI=1S/C42H36ClN5O2/c43-35-22-19-30(20-23-35)25-26-41(39(49)38-18-10-11-27-50-38)36-28-31(21-24-37(36)45-47-41)40-44-29-48(46-40)42(32-12-4-1-5-13-32,33-14-6-2-7-15-33)34-16-8-3-9-17-34/h1-9,12-17,19-26,28-29,38,45,47H,10-11,18,27H2. The first-order valence-electron chi connectivity index (χ1n) is 17.0. The van der Waals surface area contributed by atoms with Crippen molar-refractivity contribution in [3.63, 3.8) is 0 Å². The largest absolute Gasteiger partial charge is 0.370 e. The SMILES string of the molecule is O=C(C1CCCCO1)C1(C=Cc2ccc(Cl)cc2)NNc2ccc(-c3ncn(C(c4ccccc4)(c4ccccc4)c4ccccc4)n3)cc21. The number of hydrogen-bond donors (Lipinski definition) is 2. The summed E-state index contributed by atoms with van der Waals surface area (Å²) in [6.07, 6.45) is 7.74. The summed E-state index contributed by atoms with van der Waals surface area (Å²) in [4.78, 5) is 19.4. The Hall–Kier alpha value is -5.34. The van der Waals surface area contributed by atoms with Crippen LogP contribution in [0.2, 0.25) is 5.02 Å². The van der Waals surface area contributed by atoms with Gasteiger partial charge in [-0.2, -0.15) is 0 Å². The van der Waals surface area contributed by atoms with Gasteiger partial charge in [-0.05, 0) is 71.8 Å². The number of ketones is 1. The molecule has 1 aromatic heterocycles. The second kappa shape index (κ2) is 13.5. The highest BCUT2D eigenvalue weighted by Gasteiger charge is 2.47. The first kappa shape index (κ1) is 31.9. The molecule has 2 aliphatic rings. The maximum absolute atomic E-state index is 14.5. The van der Waals surface area contributed by atoms with Gasteiger partial charge in [0.1, 0.15) is 23.5 Å². The minimum atomic E-state index is -1.18. The van der Waals surface area contributed by atoms with Crippen LogP contribution < -0.4 is 10.9 Å². The third-order valence-electron chi connectivity index (χ3n) is 9.76. The number of rotatable bonds is 9. The predicted molar refractivity (Wildman–Crippen MR) is 198 cm³/mol. The fourth-order valence-electron chi connectivity index (χ4n) is 7.25. The Morgan fingerprint density at radius 2 is 1.48 bits per heavy atom. The van der Waals surface area contributed by atoms with Crippen LogP contribution in [0.5, 0.6) is 0 Å². The van der Waals surface area contributed by atoms with E-state index >= 15 is 0 Å². The first-order valence-corrected chi connectivity index (χ1v) is 17.3. The zero-order chi connectivity index (χ0) is 34.0. The highest BCUT2D eigenvalue weighted by molar-refractivity contribution is 6.30. The number of halogens is 1. The predicted octanol–water partition coefficient (Wildman–Crippen LogP) is 8.42. The molecular formula is C42H36ClN5O2.